The fourth-order valence-electron chi connectivity index (χ4n) is 4.50. The van der Waals surface area contributed by atoms with Crippen molar-refractivity contribution in [3.05, 3.63) is 59.7 Å². The second-order valence-corrected chi connectivity index (χ2v) is 8.85. The average Bonchev–Trinajstić information content (AvgIpc) is 3.27. The number of aromatic nitrogens is 1. The molecule has 1 fully saturated rings. The molecule has 30 heavy (non-hydrogen) atoms. The van der Waals surface area contributed by atoms with E-state index in [1.54, 1.807) is 19.2 Å². The quantitative estimate of drug-likeness (QED) is 0.629. The lowest BCUT2D eigenvalue weighted by atomic mass is 9.88. The average molecular weight is 416 g/mol. The first-order chi connectivity index (χ1) is 14.4. The van der Waals surface area contributed by atoms with Crippen LogP contribution in [0, 0.1) is 17.7 Å². The molecule has 5 nitrogen and oxygen atoms in total. The Bertz CT molecular complexity index is 835. The normalized spacial score (nSPS) is 19.5. The summed E-state index contributed by atoms with van der Waals surface area (Å²) >= 11 is 0. The van der Waals surface area contributed by atoms with Gasteiger partial charge in [-0.2, -0.15) is 0 Å². The molecule has 1 aliphatic heterocycles. The molecule has 0 unspecified atom stereocenters. The van der Waals surface area contributed by atoms with E-state index in [1.807, 2.05) is 11.0 Å². The summed E-state index contributed by atoms with van der Waals surface area (Å²) in [7, 11) is 3.61. The summed E-state index contributed by atoms with van der Waals surface area (Å²) in [6, 6.07) is 11.1. The van der Waals surface area contributed by atoms with E-state index in [-0.39, 0.29) is 30.2 Å². The highest BCUT2D eigenvalue weighted by Crippen LogP contribution is 2.34. The third-order valence-corrected chi connectivity index (χ3v) is 5.89. The molecular formula is C24H34FN3O2. The highest BCUT2D eigenvalue weighted by atomic mass is 19.1. The first-order valence-corrected chi connectivity index (χ1v) is 10.7. The Kier molecular flexibility index (Phi) is 7.67. The number of aryl methyl sites for hydroxylation is 1. The number of carbonyl (C=O) groups is 1. The minimum Gasteiger partial charge on any atom is -0.375 e. The molecule has 0 saturated carbocycles. The van der Waals surface area contributed by atoms with E-state index < -0.39 is 0 Å². The number of hydrogen-bond donors (Lipinski definition) is 0. The molecule has 2 atom stereocenters. The van der Waals surface area contributed by atoms with Crippen LogP contribution in [0.5, 0.6) is 0 Å². The van der Waals surface area contributed by atoms with E-state index in [4.69, 9.17) is 4.74 Å². The van der Waals surface area contributed by atoms with Crippen molar-refractivity contribution in [1.82, 2.24) is 14.4 Å². The van der Waals surface area contributed by atoms with E-state index in [1.165, 1.54) is 11.8 Å². The lowest BCUT2D eigenvalue weighted by molar-refractivity contribution is -0.136. The molecule has 1 aromatic heterocycles. The zero-order valence-corrected chi connectivity index (χ0v) is 18.6. The van der Waals surface area contributed by atoms with Crippen molar-refractivity contribution in [1.29, 1.82) is 0 Å². The van der Waals surface area contributed by atoms with E-state index in [2.05, 4.69) is 48.7 Å². The number of nitrogens with zero attached hydrogens (tertiary/aromatic N) is 3. The van der Waals surface area contributed by atoms with Crippen molar-refractivity contribution >= 4 is 5.91 Å². The van der Waals surface area contributed by atoms with Gasteiger partial charge in [0.2, 0.25) is 5.91 Å². The molecular weight excluding hydrogens is 381 g/mol. The third-order valence-electron chi connectivity index (χ3n) is 5.89. The molecule has 2 heterocycles. The van der Waals surface area contributed by atoms with Gasteiger partial charge in [-0.05, 0) is 41.7 Å². The smallest absolute Gasteiger partial charge is 0.248 e. The van der Waals surface area contributed by atoms with Crippen molar-refractivity contribution in [3.8, 4) is 0 Å². The van der Waals surface area contributed by atoms with Crippen LogP contribution in [0.1, 0.15) is 31.0 Å². The molecule has 0 spiro atoms. The molecule has 0 radical (unpaired) electrons. The van der Waals surface area contributed by atoms with Gasteiger partial charge >= 0.3 is 0 Å². The maximum atomic E-state index is 14.0. The molecule has 1 amide bonds. The first kappa shape index (κ1) is 22.5. The molecule has 2 aromatic rings. The summed E-state index contributed by atoms with van der Waals surface area (Å²) in [6.07, 6.45) is 2.06. The Balaban J connectivity index is 1.81. The standard InChI is InChI=1S/C24H34FN3O2/c1-18(2)12-28(24(29)17-30-4)14-20-13-27(15-22-9-6-10-26(22)3)16-23(20)19-7-5-8-21(25)11-19/h5-11,18,20,23H,12-17H2,1-4H3/t20-,23-/m0/s1. The van der Waals surface area contributed by atoms with Gasteiger partial charge in [-0.1, -0.05) is 26.0 Å². The number of likely N-dealkylation sites (tertiary alicyclic amines) is 1. The minimum absolute atomic E-state index is 0.0186. The number of methoxy groups -OCH3 is 1. The molecule has 1 aromatic carbocycles. The van der Waals surface area contributed by atoms with Crippen LogP contribution in [0.25, 0.3) is 0 Å². The highest BCUT2D eigenvalue weighted by molar-refractivity contribution is 5.77. The molecule has 0 bridgehead atoms. The van der Waals surface area contributed by atoms with Crippen molar-refractivity contribution in [2.24, 2.45) is 18.9 Å². The van der Waals surface area contributed by atoms with Gasteiger partial charge in [-0.3, -0.25) is 9.69 Å². The van der Waals surface area contributed by atoms with E-state index >= 15 is 0 Å². The van der Waals surface area contributed by atoms with Gasteiger partial charge in [-0.25, -0.2) is 4.39 Å². The van der Waals surface area contributed by atoms with Crippen LogP contribution in [0.4, 0.5) is 4.39 Å². The summed E-state index contributed by atoms with van der Waals surface area (Å²) in [4.78, 5) is 17.0. The third kappa shape index (κ3) is 5.70. The summed E-state index contributed by atoms with van der Waals surface area (Å²) in [5, 5.41) is 0. The zero-order chi connectivity index (χ0) is 21.7. The predicted molar refractivity (Wildman–Crippen MR) is 117 cm³/mol. The Hall–Kier alpha value is -2.18. The summed E-state index contributed by atoms with van der Waals surface area (Å²) in [5.74, 6) is 0.614. The lowest BCUT2D eigenvalue weighted by Gasteiger charge is -2.30. The number of ether oxygens (including phenoxy) is 1. The number of hydrogen-bond acceptors (Lipinski definition) is 3. The molecule has 164 valence electrons. The molecule has 6 heteroatoms. The molecule has 3 rings (SSSR count). The van der Waals surface area contributed by atoms with Crippen LogP contribution >= 0.6 is 0 Å². The van der Waals surface area contributed by atoms with E-state index in [0.29, 0.717) is 19.0 Å². The van der Waals surface area contributed by atoms with Gasteiger partial charge < -0.3 is 14.2 Å². The highest BCUT2D eigenvalue weighted by Gasteiger charge is 2.36. The fraction of sp³-hybridized carbons (Fsp3) is 0.542. The van der Waals surface area contributed by atoms with Gasteiger partial charge in [0.25, 0.3) is 0 Å². The van der Waals surface area contributed by atoms with E-state index in [0.717, 1.165) is 25.2 Å². The van der Waals surface area contributed by atoms with E-state index in [9.17, 15) is 9.18 Å². The minimum atomic E-state index is -0.207. The van der Waals surface area contributed by atoms with Crippen molar-refractivity contribution < 1.29 is 13.9 Å². The van der Waals surface area contributed by atoms with Crippen molar-refractivity contribution in [2.75, 3.05) is 39.9 Å². The van der Waals surface area contributed by atoms with Crippen LogP contribution in [-0.4, -0.2) is 60.2 Å². The number of halogens is 1. The predicted octanol–water partition coefficient (Wildman–Crippen LogP) is 3.51. The second kappa shape index (κ2) is 10.2. The molecule has 0 N–H and O–H groups in total. The Morgan fingerprint density at radius 2 is 2.07 bits per heavy atom. The SMILES string of the molecule is COCC(=O)N(CC(C)C)C[C@@H]1CN(Cc2cccn2C)C[C@H]1c1cccc(F)c1. The number of amides is 1. The van der Waals surface area contributed by atoms with Gasteiger partial charge in [0.1, 0.15) is 12.4 Å². The van der Waals surface area contributed by atoms with Crippen LogP contribution in [0.2, 0.25) is 0 Å². The maximum Gasteiger partial charge on any atom is 0.248 e. The summed E-state index contributed by atoms with van der Waals surface area (Å²) < 4.78 is 21.2. The molecule has 1 aliphatic rings. The topological polar surface area (TPSA) is 37.7 Å². The van der Waals surface area contributed by atoms with Gasteiger partial charge in [0.15, 0.2) is 0 Å². The first-order valence-electron chi connectivity index (χ1n) is 10.7. The summed E-state index contributed by atoms with van der Waals surface area (Å²) in [5.41, 5.74) is 2.27. The monoisotopic (exact) mass is 415 g/mol. The Morgan fingerprint density at radius 1 is 1.27 bits per heavy atom. The van der Waals surface area contributed by atoms with Crippen LogP contribution in [-0.2, 0) is 23.1 Å². The Labute approximate surface area is 179 Å². The Morgan fingerprint density at radius 3 is 2.70 bits per heavy atom. The number of carbonyl (C=O) groups excluding carboxylic acids is 1. The fourth-order valence-corrected chi connectivity index (χ4v) is 4.50. The van der Waals surface area contributed by atoms with Gasteiger partial charge in [0, 0.05) is 64.7 Å². The van der Waals surface area contributed by atoms with Gasteiger partial charge in [-0.15, -0.1) is 0 Å². The number of benzene rings is 1. The van der Waals surface area contributed by atoms with Crippen molar-refractivity contribution in [2.45, 2.75) is 26.3 Å². The summed E-state index contributed by atoms with van der Waals surface area (Å²) in [6.45, 7) is 8.27. The lowest BCUT2D eigenvalue weighted by Crippen LogP contribution is -2.41. The van der Waals surface area contributed by atoms with Crippen LogP contribution in [0.15, 0.2) is 42.6 Å². The zero-order valence-electron chi connectivity index (χ0n) is 18.6. The second-order valence-electron chi connectivity index (χ2n) is 8.85. The van der Waals surface area contributed by atoms with Gasteiger partial charge in [0.05, 0.1) is 0 Å². The molecule has 0 aliphatic carbocycles. The maximum absolute atomic E-state index is 14.0. The molecule has 1 saturated heterocycles. The van der Waals surface area contributed by atoms with Crippen LogP contribution in [0.3, 0.4) is 0 Å². The van der Waals surface area contributed by atoms with Crippen molar-refractivity contribution in [3.63, 3.8) is 0 Å². The van der Waals surface area contributed by atoms with Crippen LogP contribution < -0.4 is 0 Å². The number of rotatable bonds is 9. The largest absolute Gasteiger partial charge is 0.375 e.